The van der Waals surface area contributed by atoms with E-state index in [-0.39, 0.29) is 6.41 Å². The zero-order chi connectivity index (χ0) is 33.3. The second-order valence-corrected chi connectivity index (χ2v) is 8.93. The Bertz CT molecular complexity index is 1440. The molecule has 44 heavy (non-hydrogen) atoms. The first kappa shape index (κ1) is 39.2. The lowest BCUT2D eigenvalue weighted by Crippen LogP contribution is -2.02. The van der Waals surface area contributed by atoms with Crippen LogP contribution >= 0.6 is 0 Å². The van der Waals surface area contributed by atoms with Gasteiger partial charge in [-0.1, -0.05) is 50.3 Å². The molecule has 0 aliphatic carbocycles. The number of imidazole rings is 1. The number of carbonyl (C=O) groups excluding carboxylic acids is 2. The predicted octanol–water partition coefficient (Wildman–Crippen LogP) is 6.53. The molecule has 3 rings (SSSR count). The number of aromatic amines is 1. The van der Waals surface area contributed by atoms with Gasteiger partial charge in [0.1, 0.15) is 0 Å². The fourth-order valence-corrected chi connectivity index (χ4v) is 3.52. The molecule has 0 fully saturated rings. The van der Waals surface area contributed by atoms with Crippen molar-refractivity contribution in [3.8, 4) is 12.3 Å². The van der Waals surface area contributed by atoms with Crippen LogP contribution in [0.1, 0.15) is 69.6 Å². The van der Waals surface area contributed by atoms with E-state index in [0.29, 0.717) is 13.0 Å². The average Bonchev–Trinajstić information content (AvgIpc) is 3.54. The van der Waals surface area contributed by atoms with Crippen LogP contribution < -0.4 is 11.5 Å². The van der Waals surface area contributed by atoms with Crippen molar-refractivity contribution in [1.82, 2.24) is 19.9 Å². The first-order valence-corrected chi connectivity index (χ1v) is 14.2. The van der Waals surface area contributed by atoms with Crippen LogP contribution in [-0.2, 0) is 16.0 Å². The first-order chi connectivity index (χ1) is 21.1. The zero-order valence-corrected chi connectivity index (χ0v) is 26.2. The number of nitrogens with zero attached hydrogens (tertiary/aromatic N) is 3. The average molecular weight is 607 g/mol. The van der Waals surface area contributed by atoms with Crippen LogP contribution in [0.2, 0.25) is 0 Å². The van der Waals surface area contributed by atoms with E-state index in [4.69, 9.17) is 21.9 Å². The van der Waals surface area contributed by atoms with Crippen LogP contribution in [0, 0.1) is 19.3 Å². The Balaban J connectivity index is 0.000000938. The van der Waals surface area contributed by atoms with E-state index < -0.39 is 12.2 Å². The van der Waals surface area contributed by atoms with E-state index in [2.05, 4.69) is 76.9 Å². The third kappa shape index (κ3) is 14.9. The van der Waals surface area contributed by atoms with Crippen molar-refractivity contribution in [3.05, 3.63) is 90.0 Å². The summed E-state index contributed by atoms with van der Waals surface area (Å²) in [5.41, 5.74) is 17.2. The summed E-state index contributed by atoms with van der Waals surface area (Å²) >= 11 is 0. The minimum absolute atomic E-state index is 0.250. The highest BCUT2D eigenvalue weighted by Crippen LogP contribution is 2.30. The van der Waals surface area contributed by atoms with E-state index in [1.165, 1.54) is 5.69 Å². The fraction of sp³-hybridized carbons (Fsp3) is 0.324. The van der Waals surface area contributed by atoms with Gasteiger partial charge in [0.15, 0.2) is 5.78 Å². The van der Waals surface area contributed by atoms with Crippen LogP contribution in [0.25, 0.3) is 22.0 Å². The van der Waals surface area contributed by atoms with Gasteiger partial charge in [0.2, 0.25) is 6.41 Å². The summed E-state index contributed by atoms with van der Waals surface area (Å²) in [7, 11) is 0. The Morgan fingerprint density at radius 3 is 2.34 bits per heavy atom. The molecule has 0 bridgehead atoms. The number of H-pyrrole nitrogens is 1. The van der Waals surface area contributed by atoms with E-state index >= 15 is 0 Å². The summed E-state index contributed by atoms with van der Waals surface area (Å²) in [6.45, 7) is 9.76. The summed E-state index contributed by atoms with van der Waals surface area (Å²) in [4.78, 5) is 34.2. The largest absolute Gasteiger partial charge is 0.372 e. The summed E-state index contributed by atoms with van der Waals surface area (Å²) in [6.07, 6.45) is 24.2. The van der Waals surface area contributed by atoms with Gasteiger partial charge >= 0.3 is 0 Å². The number of allylic oxidation sites excluding steroid dienone is 7. The normalized spacial score (nSPS) is 11.3. The number of aryl methyl sites for hydroxylation is 2. The molecule has 0 saturated carbocycles. The summed E-state index contributed by atoms with van der Waals surface area (Å²) < 4.78 is 21.6. The number of fused-ring (bicyclic) bond motifs is 1. The van der Waals surface area contributed by atoms with Crippen LogP contribution in [0.5, 0.6) is 0 Å². The molecular formula is C34H44F2N6O2. The SMILES string of the molecule is C#CC/C=C\C(=C/C)c1cc2c(C)nccc2nc1C(/C=C\CCN)=C/CC.CC(=O)C(F)F.CCc1cnc[nH]1.NC=O. The maximum absolute atomic E-state index is 10.8. The summed E-state index contributed by atoms with van der Waals surface area (Å²) in [5.74, 6) is 1.58. The molecule has 0 spiro atoms. The van der Waals surface area contributed by atoms with Gasteiger partial charge in [0.25, 0.3) is 6.43 Å². The smallest absolute Gasteiger partial charge is 0.295 e. The standard InChI is InChI=1S/C25H29N3.C5H8N2.C3H4F2O.CH3NO/c1-5-8-9-13-20(7-3)23-18-22-19(4)27-17-15-24(22)28-25(23)21(12-6-2)14-10-11-16-26;1-2-5-3-6-4-7-5;1-2(6)3(4)5;2-1-3/h1,7,9-10,12-15,17-18H,6,8,11,16,26H2,2-4H3;3-4H,2H2,1H3,(H,6,7);3H,1H3;1H,(H2,2,3)/b13-9-,14-10-,20-7+,21-12+;;;. The molecule has 10 heteroatoms. The third-order valence-electron chi connectivity index (χ3n) is 5.67. The van der Waals surface area contributed by atoms with Crippen LogP contribution in [0.3, 0.4) is 0 Å². The van der Waals surface area contributed by atoms with Gasteiger partial charge in [-0.2, -0.15) is 0 Å². The van der Waals surface area contributed by atoms with Crippen molar-refractivity contribution in [2.45, 2.75) is 66.7 Å². The summed E-state index contributed by atoms with van der Waals surface area (Å²) in [6, 6.07) is 4.15. The number of amides is 1. The highest BCUT2D eigenvalue weighted by Gasteiger charge is 2.13. The number of nitrogens with two attached hydrogens (primary N) is 2. The molecule has 3 aromatic rings. The Kier molecular flexibility index (Phi) is 21.2. The lowest BCUT2D eigenvalue weighted by atomic mass is 9.95. The minimum atomic E-state index is -2.79. The fourth-order valence-electron chi connectivity index (χ4n) is 3.52. The molecule has 0 saturated heterocycles. The number of terminal acetylenes is 1. The molecule has 0 aliphatic rings. The van der Waals surface area contributed by atoms with E-state index in [1.54, 1.807) is 6.33 Å². The number of hydrogen-bond donors (Lipinski definition) is 3. The van der Waals surface area contributed by atoms with Crippen LogP contribution in [-0.4, -0.2) is 45.1 Å². The van der Waals surface area contributed by atoms with Crippen LogP contribution in [0.4, 0.5) is 8.78 Å². The highest BCUT2D eigenvalue weighted by atomic mass is 19.3. The molecule has 3 heterocycles. The molecule has 0 unspecified atom stereocenters. The number of nitrogens with one attached hydrogen (secondary N) is 1. The molecule has 3 aromatic heterocycles. The number of aromatic nitrogens is 4. The second-order valence-electron chi connectivity index (χ2n) is 8.93. The first-order valence-electron chi connectivity index (χ1n) is 14.2. The highest BCUT2D eigenvalue weighted by molar-refractivity contribution is 5.92. The number of rotatable bonds is 10. The number of ketones is 1. The molecule has 0 radical (unpaired) electrons. The molecular weight excluding hydrogens is 562 g/mol. The van der Waals surface area contributed by atoms with Gasteiger partial charge in [-0.15, -0.1) is 12.3 Å². The molecule has 0 atom stereocenters. The maximum Gasteiger partial charge on any atom is 0.295 e. The number of pyridine rings is 2. The lowest BCUT2D eigenvalue weighted by Gasteiger charge is -2.14. The Labute approximate surface area is 259 Å². The topological polar surface area (TPSA) is 141 Å². The summed E-state index contributed by atoms with van der Waals surface area (Å²) in [5, 5.41) is 1.06. The lowest BCUT2D eigenvalue weighted by molar-refractivity contribution is -0.127. The van der Waals surface area contributed by atoms with Gasteiger partial charge in [0.05, 0.1) is 17.5 Å². The molecule has 8 nitrogen and oxygen atoms in total. The molecule has 0 aromatic carbocycles. The molecule has 0 aliphatic heterocycles. The van der Waals surface area contributed by atoms with Crippen molar-refractivity contribution in [3.63, 3.8) is 0 Å². The van der Waals surface area contributed by atoms with Gasteiger partial charge < -0.3 is 16.5 Å². The number of Topliss-reactive ketones (excluding diaryl/α,β-unsaturated/α-hetero) is 1. The van der Waals surface area contributed by atoms with Gasteiger partial charge in [0, 0.05) is 48.1 Å². The van der Waals surface area contributed by atoms with Crippen molar-refractivity contribution in [2.24, 2.45) is 11.5 Å². The van der Waals surface area contributed by atoms with Crippen molar-refractivity contribution >= 4 is 34.2 Å². The third-order valence-corrected chi connectivity index (χ3v) is 5.67. The zero-order valence-electron chi connectivity index (χ0n) is 26.2. The molecule has 236 valence electrons. The van der Waals surface area contributed by atoms with Crippen molar-refractivity contribution in [1.29, 1.82) is 0 Å². The Hall–Kier alpha value is -4.75. The Morgan fingerprint density at radius 2 is 1.86 bits per heavy atom. The van der Waals surface area contributed by atoms with E-state index in [1.807, 2.05) is 38.4 Å². The number of halogens is 2. The Morgan fingerprint density at radius 1 is 1.20 bits per heavy atom. The van der Waals surface area contributed by atoms with Crippen molar-refractivity contribution < 1.29 is 18.4 Å². The number of primary amides is 1. The maximum atomic E-state index is 10.8. The predicted molar refractivity (Wildman–Crippen MR) is 176 cm³/mol. The minimum Gasteiger partial charge on any atom is -0.372 e. The quantitative estimate of drug-likeness (QED) is 0.136. The second kappa shape index (κ2) is 23.8. The van der Waals surface area contributed by atoms with Crippen molar-refractivity contribution in [2.75, 3.05) is 6.54 Å². The van der Waals surface area contributed by atoms with E-state index in [0.717, 1.165) is 65.2 Å². The number of hydrogen-bond acceptors (Lipinski definition) is 6. The van der Waals surface area contributed by atoms with Crippen LogP contribution in [0.15, 0.2) is 67.3 Å². The van der Waals surface area contributed by atoms with E-state index in [9.17, 15) is 13.6 Å². The number of carbonyl (C=O) groups is 2. The molecule has 1 amide bonds. The monoisotopic (exact) mass is 606 g/mol. The number of alkyl halides is 2. The van der Waals surface area contributed by atoms with Gasteiger partial charge in [-0.3, -0.25) is 14.6 Å². The van der Waals surface area contributed by atoms with Gasteiger partial charge in [-0.25, -0.2) is 18.7 Å². The van der Waals surface area contributed by atoms with Gasteiger partial charge in [-0.05, 0) is 62.9 Å². The molecule has 5 N–H and O–H groups in total.